The number of benzene rings is 1. The summed E-state index contributed by atoms with van der Waals surface area (Å²) in [5, 5.41) is 3.50. The quantitative estimate of drug-likeness (QED) is 0.700. The Hall–Kier alpha value is -1.26. The molecule has 19 heavy (non-hydrogen) atoms. The second-order valence-electron chi connectivity index (χ2n) is 5.31. The lowest BCUT2D eigenvalue weighted by Gasteiger charge is -2.14. The first-order valence-corrected chi connectivity index (χ1v) is 6.85. The molecule has 0 spiro atoms. The van der Waals surface area contributed by atoms with Crippen molar-refractivity contribution in [2.45, 2.75) is 19.3 Å². The highest BCUT2D eigenvalue weighted by Crippen LogP contribution is 2.43. The Morgan fingerprint density at radius 3 is 2.63 bits per heavy atom. The Morgan fingerprint density at radius 1 is 1.26 bits per heavy atom. The van der Waals surface area contributed by atoms with Crippen LogP contribution in [0.1, 0.15) is 18.4 Å². The molecule has 0 unspecified atom stereocenters. The lowest BCUT2D eigenvalue weighted by Crippen LogP contribution is -2.30. The molecule has 0 atom stereocenters. The van der Waals surface area contributed by atoms with E-state index in [4.69, 9.17) is 15.2 Å². The standard InChI is InChI=1S/C15H24N2O2/c1-18-13-3-4-14(19-2)12(9-13)5-8-17-11-15(10-16)6-7-15/h3-4,9,17H,5-8,10-11,16H2,1-2H3. The number of nitrogens with two attached hydrogens (primary N) is 1. The molecule has 0 aliphatic heterocycles. The monoisotopic (exact) mass is 264 g/mol. The first-order chi connectivity index (χ1) is 9.23. The summed E-state index contributed by atoms with van der Waals surface area (Å²) in [7, 11) is 3.38. The van der Waals surface area contributed by atoms with Crippen LogP contribution in [-0.4, -0.2) is 33.9 Å². The average Bonchev–Trinajstić information content (AvgIpc) is 3.24. The van der Waals surface area contributed by atoms with Crippen molar-refractivity contribution < 1.29 is 9.47 Å². The molecule has 0 amide bonds. The number of ether oxygens (including phenoxy) is 2. The van der Waals surface area contributed by atoms with E-state index in [1.54, 1.807) is 14.2 Å². The fourth-order valence-corrected chi connectivity index (χ4v) is 2.28. The lowest BCUT2D eigenvalue weighted by atomic mass is 10.1. The average molecular weight is 264 g/mol. The fraction of sp³-hybridized carbons (Fsp3) is 0.600. The van der Waals surface area contributed by atoms with Crippen LogP contribution in [0.5, 0.6) is 11.5 Å². The number of hydrogen-bond acceptors (Lipinski definition) is 4. The van der Waals surface area contributed by atoms with Crippen molar-refractivity contribution in [3.05, 3.63) is 23.8 Å². The van der Waals surface area contributed by atoms with Gasteiger partial charge < -0.3 is 20.5 Å². The Morgan fingerprint density at radius 2 is 2.05 bits per heavy atom. The summed E-state index contributed by atoms with van der Waals surface area (Å²) >= 11 is 0. The van der Waals surface area contributed by atoms with E-state index in [1.165, 1.54) is 18.4 Å². The van der Waals surface area contributed by atoms with Crippen molar-refractivity contribution in [3.8, 4) is 11.5 Å². The van der Waals surface area contributed by atoms with Crippen molar-refractivity contribution in [1.82, 2.24) is 5.32 Å². The Bertz CT molecular complexity index is 417. The van der Waals surface area contributed by atoms with E-state index in [-0.39, 0.29) is 0 Å². The van der Waals surface area contributed by atoms with Crippen LogP contribution < -0.4 is 20.5 Å². The molecule has 1 aliphatic carbocycles. The summed E-state index contributed by atoms with van der Waals surface area (Å²) in [4.78, 5) is 0. The van der Waals surface area contributed by atoms with E-state index >= 15 is 0 Å². The molecule has 0 aromatic heterocycles. The number of methoxy groups -OCH3 is 2. The van der Waals surface area contributed by atoms with E-state index in [0.29, 0.717) is 5.41 Å². The van der Waals surface area contributed by atoms with Gasteiger partial charge in [0.2, 0.25) is 0 Å². The number of hydrogen-bond donors (Lipinski definition) is 2. The van der Waals surface area contributed by atoms with Crippen LogP contribution in [0.2, 0.25) is 0 Å². The van der Waals surface area contributed by atoms with Crippen molar-refractivity contribution >= 4 is 0 Å². The van der Waals surface area contributed by atoms with Crippen LogP contribution in [0.4, 0.5) is 0 Å². The zero-order chi connectivity index (χ0) is 13.7. The summed E-state index contributed by atoms with van der Waals surface area (Å²) in [6, 6.07) is 5.91. The molecular weight excluding hydrogens is 240 g/mol. The molecule has 0 radical (unpaired) electrons. The molecule has 1 saturated carbocycles. The minimum Gasteiger partial charge on any atom is -0.497 e. The van der Waals surface area contributed by atoms with Gasteiger partial charge in [0, 0.05) is 6.54 Å². The third-order valence-electron chi connectivity index (χ3n) is 3.95. The second-order valence-corrected chi connectivity index (χ2v) is 5.31. The van der Waals surface area contributed by atoms with E-state index in [0.717, 1.165) is 37.6 Å². The Balaban J connectivity index is 1.84. The zero-order valence-electron chi connectivity index (χ0n) is 11.9. The highest BCUT2D eigenvalue weighted by Gasteiger charge is 2.40. The van der Waals surface area contributed by atoms with Crippen molar-refractivity contribution in [2.24, 2.45) is 11.1 Å². The smallest absolute Gasteiger partial charge is 0.122 e. The van der Waals surface area contributed by atoms with Crippen LogP contribution in [0.3, 0.4) is 0 Å². The van der Waals surface area contributed by atoms with Crippen molar-refractivity contribution in [3.63, 3.8) is 0 Å². The summed E-state index contributed by atoms with van der Waals surface area (Å²) < 4.78 is 10.6. The van der Waals surface area contributed by atoms with E-state index in [1.807, 2.05) is 18.2 Å². The molecule has 4 nitrogen and oxygen atoms in total. The van der Waals surface area contributed by atoms with Gasteiger partial charge in [-0.15, -0.1) is 0 Å². The fourth-order valence-electron chi connectivity index (χ4n) is 2.28. The van der Waals surface area contributed by atoms with E-state index in [2.05, 4.69) is 5.32 Å². The molecule has 0 heterocycles. The molecule has 3 N–H and O–H groups in total. The van der Waals surface area contributed by atoms with Crippen LogP contribution in [0.25, 0.3) is 0 Å². The van der Waals surface area contributed by atoms with Crippen molar-refractivity contribution in [2.75, 3.05) is 33.9 Å². The van der Waals surface area contributed by atoms with Gasteiger partial charge >= 0.3 is 0 Å². The molecule has 1 aromatic carbocycles. The first-order valence-electron chi connectivity index (χ1n) is 6.85. The molecular formula is C15H24N2O2. The molecule has 4 heteroatoms. The number of rotatable bonds is 8. The second kappa shape index (κ2) is 6.26. The topological polar surface area (TPSA) is 56.5 Å². The van der Waals surface area contributed by atoms with E-state index in [9.17, 15) is 0 Å². The van der Waals surface area contributed by atoms with Crippen LogP contribution >= 0.6 is 0 Å². The molecule has 1 aliphatic rings. The molecule has 2 rings (SSSR count). The van der Waals surface area contributed by atoms with Gasteiger partial charge in [0.05, 0.1) is 14.2 Å². The highest BCUT2D eigenvalue weighted by molar-refractivity contribution is 5.40. The summed E-state index contributed by atoms with van der Waals surface area (Å²) in [6.45, 7) is 2.75. The van der Waals surface area contributed by atoms with Gasteiger partial charge in [-0.25, -0.2) is 0 Å². The van der Waals surface area contributed by atoms with Gasteiger partial charge in [0.25, 0.3) is 0 Å². The maximum Gasteiger partial charge on any atom is 0.122 e. The molecule has 1 fully saturated rings. The van der Waals surface area contributed by atoms with Crippen LogP contribution in [0, 0.1) is 5.41 Å². The van der Waals surface area contributed by atoms with Gasteiger partial charge in [-0.1, -0.05) is 0 Å². The summed E-state index contributed by atoms with van der Waals surface area (Å²) in [5.74, 6) is 1.79. The third-order valence-corrected chi connectivity index (χ3v) is 3.95. The largest absolute Gasteiger partial charge is 0.497 e. The third kappa shape index (κ3) is 3.61. The molecule has 0 bridgehead atoms. The molecule has 106 valence electrons. The lowest BCUT2D eigenvalue weighted by molar-refractivity contribution is 0.397. The predicted octanol–water partition coefficient (Wildman–Crippen LogP) is 1.57. The molecule has 0 saturated heterocycles. The van der Waals surface area contributed by atoms with Gasteiger partial charge in [-0.05, 0) is 61.5 Å². The minimum absolute atomic E-state index is 0.387. The normalized spacial score (nSPS) is 16.2. The minimum atomic E-state index is 0.387. The maximum absolute atomic E-state index is 5.77. The Labute approximate surface area is 115 Å². The van der Waals surface area contributed by atoms with Gasteiger partial charge in [-0.2, -0.15) is 0 Å². The van der Waals surface area contributed by atoms with Gasteiger partial charge in [0.15, 0.2) is 0 Å². The first kappa shape index (κ1) is 14.2. The van der Waals surface area contributed by atoms with Crippen LogP contribution in [0.15, 0.2) is 18.2 Å². The summed E-state index contributed by atoms with van der Waals surface area (Å²) in [5.41, 5.74) is 7.33. The number of nitrogens with one attached hydrogen (secondary N) is 1. The predicted molar refractivity (Wildman–Crippen MR) is 76.8 cm³/mol. The summed E-state index contributed by atoms with van der Waals surface area (Å²) in [6.07, 6.45) is 3.46. The zero-order valence-corrected chi connectivity index (χ0v) is 11.9. The molecule has 1 aromatic rings. The van der Waals surface area contributed by atoms with Crippen LogP contribution in [-0.2, 0) is 6.42 Å². The van der Waals surface area contributed by atoms with Gasteiger partial charge in [-0.3, -0.25) is 0 Å². The van der Waals surface area contributed by atoms with Gasteiger partial charge in [0.1, 0.15) is 11.5 Å². The maximum atomic E-state index is 5.77. The van der Waals surface area contributed by atoms with Crippen molar-refractivity contribution in [1.29, 1.82) is 0 Å². The van der Waals surface area contributed by atoms with E-state index < -0.39 is 0 Å². The SMILES string of the molecule is COc1ccc(OC)c(CCNCC2(CN)CC2)c1. The highest BCUT2D eigenvalue weighted by atomic mass is 16.5. The Kier molecular flexibility index (Phi) is 4.66.